The number of nitrogens with one attached hydrogen (secondary N) is 2. The molecule has 2 bridgehead atoms. The molecular weight excluding hydrogens is 278 g/mol. The van der Waals surface area contributed by atoms with E-state index in [4.69, 9.17) is 0 Å². The molecule has 2 unspecified atom stereocenters. The van der Waals surface area contributed by atoms with Crippen LogP contribution in [0.25, 0.3) is 0 Å². The number of carbonyl (C=O) groups excluding carboxylic acids is 1. The number of hydrogen-bond donors (Lipinski definition) is 2. The molecule has 1 amide bonds. The first kappa shape index (κ1) is 14.3. The van der Waals surface area contributed by atoms with Gasteiger partial charge in [0.2, 0.25) is 0 Å². The summed E-state index contributed by atoms with van der Waals surface area (Å²) >= 11 is 0. The molecule has 3 rings (SSSR count). The summed E-state index contributed by atoms with van der Waals surface area (Å²) in [6.45, 7) is -2.89. The van der Waals surface area contributed by atoms with E-state index >= 15 is 0 Å². The Balaban J connectivity index is 1.62. The second kappa shape index (κ2) is 5.97. The summed E-state index contributed by atoms with van der Waals surface area (Å²) < 4.78 is 28.7. The van der Waals surface area contributed by atoms with Crippen LogP contribution in [0.2, 0.25) is 0 Å². The van der Waals surface area contributed by atoms with E-state index in [-0.39, 0.29) is 17.7 Å². The zero-order chi connectivity index (χ0) is 14.8. The first-order valence-corrected chi connectivity index (χ1v) is 7.22. The van der Waals surface area contributed by atoms with E-state index in [1.807, 2.05) is 0 Å². The lowest BCUT2D eigenvalue weighted by Crippen LogP contribution is -2.48. The molecule has 2 N–H and O–H groups in total. The number of rotatable bonds is 4. The van der Waals surface area contributed by atoms with Gasteiger partial charge < -0.3 is 15.4 Å². The number of hydrogen-bond acceptors (Lipinski definition) is 3. The molecular formula is C15H18F2N2O2. The zero-order valence-electron chi connectivity index (χ0n) is 11.5. The summed E-state index contributed by atoms with van der Waals surface area (Å²) in [6, 6.07) is 7.02. The predicted octanol–water partition coefficient (Wildman–Crippen LogP) is 2.30. The van der Waals surface area contributed by atoms with Crippen molar-refractivity contribution < 1.29 is 18.3 Å². The maximum Gasteiger partial charge on any atom is 0.387 e. The molecule has 0 aliphatic carbocycles. The van der Waals surface area contributed by atoms with Crippen LogP contribution in [0.1, 0.15) is 36.0 Å². The molecule has 4 nitrogen and oxygen atoms in total. The summed E-state index contributed by atoms with van der Waals surface area (Å²) in [5.41, 5.74) is 0.346. The lowest BCUT2D eigenvalue weighted by atomic mass is 9.99. The molecule has 2 aliphatic heterocycles. The molecule has 114 valence electrons. The Labute approximate surface area is 121 Å². The summed E-state index contributed by atoms with van der Waals surface area (Å²) in [4.78, 5) is 12.2. The molecule has 0 radical (unpaired) electrons. The van der Waals surface area contributed by atoms with Crippen molar-refractivity contribution in [2.24, 2.45) is 0 Å². The highest BCUT2D eigenvalue weighted by molar-refractivity contribution is 5.94. The second-order valence-corrected chi connectivity index (χ2v) is 5.69. The van der Waals surface area contributed by atoms with E-state index in [0.717, 1.165) is 25.7 Å². The van der Waals surface area contributed by atoms with Gasteiger partial charge in [-0.15, -0.1) is 0 Å². The van der Waals surface area contributed by atoms with Gasteiger partial charge in [-0.05, 0) is 43.9 Å². The number of halogens is 2. The Morgan fingerprint density at radius 1 is 1.29 bits per heavy atom. The number of alkyl halides is 2. The largest absolute Gasteiger partial charge is 0.435 e. The summed E-state index contributed by atoms with van der Waals surface area (Å²) in [5, 5.41) is 6.50. The molecule has 0 spiro atoms. The van der Waals surface area contributed by atoms with Gasteiger partial charge in [0.1, 0.15) is 5.75 Å². The number of fused-ring (bicyclic) bond motifs is 2. The van der Waals surface area contributed by atoms with Crippen LogP contribution in [-0.2, 0) is 0 Å². The number of piperidine rings is 1. The highest BCUT2D eigenvalue weighted by atomic mass is 19.3. The third kappa shape index (κ3) is 3.50. The van der Waals surface area contributed by atoms with Crippen molar-refractivity contribution in [2.45, 2.75) is 50.4 Å². The number of benzene rings is 1. The van der Waals surface area contributed by atoms with Crippen LogP contribution < -0.4 is 15.4 Å². The fourth-order valence-electron chi connectivity index (χ4n) is 3.26. The number of carbonyl (C=O) groups is 1. The normalized spacial score (nSPS) is 27.7. The standard InChI is InChI=1S/C15H18F2N2O2/c16-15(17)21-13-3-1-2-9(6-13)14(20)19-12-7-10-4-5-11(8-12)18-10/h1-3,6,10-12,15,18H,4-5,7-8H2,(H,19,20). The third-order valence-corrected chi connectivity index (χ3v) is 4.13. The summed E-state index contributed by atoms with van der Waals surface area (Å²) in [7, 11) is 0. The molecule has 1 aromatic carbocycles. The third-order valence-electron chi connectivity index (χ3n) is 4.13. The van der Waals surface area contributed by atoms with Gasteiger partial charge in [0.15, 0.2) is 0 Å². The van der Waals surface area contributed by atoms with Crippen LogP contribution in [0.5, 0.6) is 5.75 Å². The maximum absolute atomic E-state index is 12.2. The lowest BCUT2D eigenvalue weighted by Gasteiger charge is -2.29. The maximum atomic E-state index is 12.2. The van der Waals surface area contributed by atoms with Crippen LogP contribution in [0.4, 0.5) is 8.78 Å². The molecule has 2 heterocycles. The molecule has 2 saturated heterocycles. The van der Waals surface area contributed by atoms with E-state index in [1.54, 1.807) is 12.1 Å². The average Bonchev–Trinajstić information content (AvgIpc) is 2.77. The van der Waals surface area contributed by atoms with Crippen molar-refractivity contribution in [1.82, 2.24) is 10.6 Å². The van der Waals surface area contributed by atoms with Gasteiger partial charge in [-0.2, -0.15) is 8.78 Å². The van der Waals surface area contributed by atoms with E-state index < -0.39 is 6.61 Å². The van der Waals surface area contributed by atoms with Crippen molar-refractivity contribution in [1.29, 1.82) is 0 Å². The molecule has 1 aromatic rings. The first-order valence-electron chi connectivity index (χ1n) is 7.22. The predicted molar refractivity (Wildman–Crippen MR) is 73.5 cm³/mol. The smallest absolute Gasteiger partial charge is 0.387 e. The lowest BCUT2D eigenvalue weighted by molar-refractivity contribution is -0.0498. The minimum atomic E-state index is -2.89. The van der Waals surface area contributed by atoms with E-state index in [1.165, 1.54) is 12.1 Å². The Hall–Kier alpha value is -1.69. The van der Waals surface area contributed by atoms with Gasteiger partial charge in [0.05, 0.1) is 0 Å². The van der Waals surface area contributed by atoms with Crippen LogP contribution in [-0.4, -0.2) is 30.6 Å². The quantitative estimate of drug-likeness (QED) is 0.896. The molecule has 2 fully saturated rings. The number of ether oxygens (including phenoxy) is 1. The van der Waals surface area contributed by atoms with Gasteiger partial charge in [-0.3, -0.25) is 4.79 Å². The first-order chi connectivity index (χ1) is 10.1. The Kier molecular flexibility index (Phi) is 4.05. The fourth-order valence-corrected chi connectivity index (χ4v) is 3.26. The SMILES string of the molecule is O=C(NC1CC2CCC(C1)N2)c1cccc(OC(F)F)c1. The highest BCUT2D eigenvalue weighted by Crippen LogP contribution is 2.27. The van der Waals surface area contributed by atoms with Gasteiger partial charge in [-0.25, -0.2) is 0 Å². The Morgan fingerprint density at radius 2 is 2.00 bits per heavy atom. The van der Waals surface area contributed by atoms with Crippen LogP contribution in [0.15, 0.2) is 24.3 Å². The second-order valence-electron chi connectivity index (χ2n) is 5.69. The van der Waals surface area contributed by atoms with Gasteiger partial charge >= 0.3 is 6.61 Å². The van der Waals surface area contributed by atoms with Crippen molar-refractivity contribution in [3.63, 3.8) is 0 Å². The minimum Gasteiger partial charge on any atom is -0.435 e. The van der Waals surface area contributed by atoms with Gasteiger partial charge in [-0.1, -0.05) is 6.07 Å². The fraction of sp³-hybridized carbons (Fsp3) is 0.533. The van der Waals surface area contributed by atoms with E-state index in [2.05, 4.69) is 15.4 Å². The number of amides is 1. The topological polar surface area (TPSA) is 50.4 Å². The summed E-state index contributed by atoms with van der Waals surface area (Å²) in [6.07, 6.45) is 4.18. The zero-order valence-corrected chi connectivity index (χ0v) is 11.5. The molecule has 6 heteroatoms. The molecule has 2 atom stereocenters. The average molecular weight is 296 g/mol. The molecule has 0 aromatic heterocycles. The van der Waals surface area contributed by atoms with Gasteiger partial charge in [0, 0.05) is 23.7 Å². The van der Waals surface area contributed by atoms with Crippen LogP contribution in [0.3, 0.4) is 0 Å². The van der Waals surface area contributed by atoms with E-state index in [0.29, 0.717) is 17.6 Å². The van der Waals surface area contributed by atoms with Crippen LogP contribution >= 0.6 is 0 Å². The Morgan fingerprint density at radius 3 is 2.67 bits per heavy atom. The van der Waals surface area contributed by atoms with E-state index in [9.17, 15) is 13.6 Å². The van der Waals surface area contributed by atoms with Crippen LogP contribution in [0, 0.1) is 0 Å². The van der Waals surface area contributed by atoms with Crippen molar-refractivity contribution in [3.05, 3.63) is 29.8 Å². The highest BCUT2D eigenvalue weighted by Gasteiger charge is 2.34. The van der Waals surface area contributed by atoms with Crippen molar-refractivity contribution >= 4 is 5.91 Å². The summed E-state index contributed by atoms with van der Waals surface area (Å²) in [5.74, 6) is -0.232. The van der Waals surface area contributed by atoms with Crippen molar-refractivity contribution in [2.75, 3.05) is 0 Å². The Bertz CT molecular complexity index is 512. The minimum absolute atomic E-state index is 0.00281. The molecule has 0 saturated carbocycles. The molecule has 21 heavy (non-hydrogen) atoms. The molecule has 2 aliphatic rings. The van der Waals surface area contributed by atoms with Crippen molar-refractivity contribution in [3.8, 4) is 5.75 Å². The monoisotopic (exact) mass is 296 g/mol. The van der Waals surface area contributed by atoms with Gasteiger partial charge in [0.25, 0.3) is 5.91 Å².